The SMILES string of the molecule is NC1=NC2=NC[C@H]3CN(c4ccc(C(=O)N[C@@H](CCC(=O)O)C(=O)O)cc4)CN3C2C(=O)N1. The number of carbonyl (C=O) groups excluding carboxylic acids is 2. The maximum Gasteiger partial charge on any atom is 0.326 e. The molecule has 1 unspecified atom stereocenters. The Balaban J connectivity index is 1.41. The zero-order valence-electron chi connectivity index (χ0n) is 17.5. The highest BCUT2D eigenvalue weighted by Crippen LogP contribution is 2.28. The first kappa shape index (κ1) is 22.2. The summed E-state index contributed by atoms with van der Waals surface area (Å²) >= 11 is 0. The minimum atomic E-state index is -1.30. The zero-order chi connectivity index (χ0) is 23.7. The fourth-order valence-electron chi connectivity index (χ4n) is 4.11. The lowest BCUT2D eigenvalue weighted by Crippen LogP contribution is -2.61. The van der Waals surface area contributed by atoms with E-state index in [0.717, 1.165) is 5.69 Å². The Bertz CT molecular complexity index is 1050. The molecule has 1 aromatic carbocycles. The molecule has 3 atom stereocenters. The molecule has 13 nitrogen and oxygen atoms in total. The van der Waals surface area contributed by atoms with Crippen molar-refractivity contribution in [1.82, 2.24) is 15.5 Å². The van der Waals surface area contributed by atoms with E-state index in [1.54, 1.807) is 24.3 Å². The topological polar surface area (TPSA) is 190 Å². The summed E-state index contributed by atoms with van der Waals surface area (Å²) in [5.41, 5.74) is 6.69. The van der Waals surface area contributed by atoms with Gasteiger partial charge in [-0.25, -0.2) is 4.79 Å². The van der Waals surface area contributed by atoms with E-state index in [1.165, 1.54) is 0 Å². The average Bonchev–Trinajstić information content (AvgIpc) is 3.20. The predicted molar refractivity (Wildman–Crippen MR) is 116 cm³/mol. The molecule has 1 aromatic rings. The second-order valence-corrected chi connectivity index (χ2v) is 7.96. The molecule has 0 saturated carbocycles. The third-order valence-corrected chi connectivity index (χ3v) is 5.75. The molecule has 3 aliphatic rings. The van der Waals surface area contributed by atoms with Gasteiger partial charge in [-0.15, -0.1) is 0 Å². The van der Waals surface area contributed by atoms with Gasteiger partial charge in [0.25, 0.3) is 11.8 Å². The Morgan fingerprint density at radius 2 is 1.97 bits per heavy atom. The van der Waals surface area contributed by atoms with Crippen molar-refractivity contribution < 1.29 is 29.4 Å². The van der Waals surface area contributed by atoms with Gasteiger partial charge in [0.1, 0.15) is 6.04 Å². The Morgan fingerprint density at radius 1 is 1.24 bits per heavy atom. The van der Waals surface area contributed by atoms with E-state index in [2.05, 4.69) is 20.6 Å². The molecule has 0 radical (unpaired) electrons. The van der Waals surface area contributed by atoms with Gasteiger partial charge in [0, 0.05) is 30.3 Å². The first-order chi connectivity index (χ1) is 15.7. The molecule has 6 N–H and O–H groups in total. The van der Waals surface area contributed by atoms with Gasteiger partial charge in [-0.2, -0.15) is 4.99 Å². The number of nitrogens with one attached hydrogen (secondary N) is 2. The number of anilines is 1. The monoisotopic (exact) mass is 457 g/mol. The van der Waals surface area contributed by atoms with Gasteiger partial charge in [0.2, 0.25) is 5.96 Å². The van der Waals surface area contributed by atoms with Gasteiger partial charge >= 0.3 is 11.9 Å². The van der Waals surface area contributed by atoms with E-state index >= 15 is 0 Å². The third-order valence-electron chi connectivity index (χ3n) is 5.75. The molecule has 2 amide bonds. The number of hydrogen-bond donors (Lipinski definition) is 5. The predicted octanol–water partition coefficient (Wildman–Crippen LogP) is -1.59. The molecule has 0 aliphatic carbocycles. The van der Waals surface area contributed by atoms with Gasteiger partial charge in [0.05, 0.1) is 13.2 Å². The Morgan fingerprint density at radius 3 is 2.64 bits per heavy atom. The number of aliphatic carboxylic acids is 2. The zero-order valence-corrected chi connectivity index (χ0v) is 17.5. The van der Waals surface area contributed by atoms with E-state index in [4.69, 9.17) is 10.8 Å². The molecular formula is C20H23N7O6. The van der Waals surface area contributed by atoms with Crippen LogP contribution in [0.4, 0.5) is 5.69 Å². The maximum atomic E-state index is 12.4. The van der Waals surface area contributed by atoms with Crippen molar-refractivity contribution in [2.45, 2.75) is 31.0 Å². The number of amidine groups is 1. The number of benzene rings is 1. The lowest BCUT2D eigenvalue weighted by Gasteiger charge is -2.35. The molecule has 0 aromatic heterocycles. The van der Waals surface area contributed by atoms with Crippen LogP contribution in [0.1, 0.15) is 23.2 Å². The summed E-state index contributed by atoms with van der Waals surface area (Å²) in [5.74, 6) is -2.88. The van der Waals surface area contributed by atoms with Crippen LogP contribution >= 0.6 is 0 Å². The normalized spacial score (nSPS) is 22.9. The van der Waals surface area contributed by atoms with E-state index in [9.17, 15) is 24.3 Å². The van der Waals surface area contributed by atoms with Crippen LogP contribution in [0.15, 0.2) is 34.3 Å². The van der Waals surface area contributed by atoms with E-state index in [0.29, 0.717) is 25.6 Å². The molecule has 3 heterocycles. The summed E-state index contributed by atoms with van der Waals surface area (Å²) in [6.45, 7) is 1.57. The number of carbonyl (C=O) groups is 4. The number of carboxylic acids is 2. The van der Waals surface area contributed by atoms with Crippen LogP contribution in [0.3, 0.4) is 0 Å². The minimum Gasteiger partial charge on any atom is -0.481 e. The number of nitrogens with zero attached hydrogens (tertiary/aromatic N) is 4. The highest BCUT2D eigenvalue weighted by Gasteiger charge is 2.45. The summed E-state index contributed by atoms with van der Waals surface area (Å²) in [5, 5.41) is 22.8. The largest absolute Gasteiger partial charge is 0.481 e. The second kappa shape index (κ2) is 8.86. The van der Waals surface area contributed by atoms with Crippen molar-refractivity contribution in [1.29, 1.82) is 0 Å². The molecular weight excluding hydrogens is 434 g/mol. The lowest BCUT2D eigenvalue weighted by molar-refractivity contribution is -0.140. The third kappa shape index (κ3) is 4.62. The van der Waals surface area contributed by atoms with Crippen molar-refractivity contribution in [3.63, 3.8) is 0 Å². The summed E-state index contributed by atoms with van der Waals surface area (Å²) in [6.07, 6.45) is -0.584. The van der Waals surface area contributed by atoms with Crippen LogP contribution in [0.5, 0.6) is 0 Å². The first-order valence-corrected chi connectivity index (χ1v) is 10.3. The number of nitrogens with two attached hydrogens (primary N) is 1. The van der Waals surface area contributed by atoms with Gasteiger partial charge in [-0.3, -0.25) is 29.6 Å². The Hall–Kier alpha value is -4.00. The summed E-state index contributed by atoms with van der Waals surface area (Å²) in [6, 6.07) is 4.72. The molecule has 174 valence electrons. The molecule has 33 heavy (non-hydrogen) atoms. The van der Waals surface area contributed by atoms with Gasteiger partial charge in [-0.05, 0) is 30.7 Å². The fourth-order valence-corrected chi connectivity index (χ4v) is 4.11. The minimum absolute atomic E-state index is 0.0209. The smallest absolute Gasteiger partial charge is 0.326 e. The summed E-state index contributed by atoms with van der Waals surface area (Å²) in [4.78, 5) is 59.5. The highest BCUT2D eigenvalue weighted by atomic mass is 16.4. The standard InChI is InChI=1S/C20H23N7O6/c21-20-24-16-15(18(31)25-20)27-9-26(8-12(27)7-22-16)11-3-1-10(2-4-11)17(30)23-13(19(32)33)5-6-14(28)29/h1-4,12-13,15H,5-9H2,(H,23,30)(H,28,29)(H,32,33)(H3,21,22,24,25,31)/t12-,13-,15?/m0/s1. The molecule has 0 bridgehead atoms. The molecule has 1 saturated heterocycles. The van der Waals surface area contributed by atoms with Crippen molar-refractivity contribution in [3.05, 3.63) is 29.8 Å². The first-order valence-electron chi connectivity index (χ1n) is 10.3. The molecule has 4 rings (SSSR count). The number of carboxylic acid groups (broad SMARTS) is 2. The Labute approximate surface area is 188 Å². The number of hydrogen-bond acceptors (Lipinski definition) is 9. The van der Waals surface area contributed by atoms with Crippen molar-refractivity contribution in [3.8, 4) is 0 Å². The van der Waals surface area contributed by atoms with E-state index in [-0.39, 0.29) is 36.3 Å². The molecule has 3 aliphatic heterocycles. The Kier molecular flexibility index (Phi) is 5.96. The summed E-state index contributed by atoms with van der Waals surface area (Å²) < 4.78 is 0. The number of aliphatic imine (C=N–C) groups is 2. The average molecular weight is 457 g/mol. The van der Waals surface area contributed by atoms with Crippen molar-refractivity contribution >= 4 is 41.2 Å². The molecule has 0 spiro atoms. The van der Waals surface area contributed by atoms with Crippen LogP contribution in [-0.4, -0.2) is 88.5 Å². The molecule has 13 heteroatoms. The number of guanidine groups is 1. The lowest BCUT2D eigenvalue weighted by atomic mass is 10.1. The van der Waals surface area contributed by atoms with E-state index in [1.807, 2.05) is 9.80 Å². The van der Waals surface area contributed by atoms with Gasteiger partial charge in [-0.1, -0.05) is 0 Å². The van der Waals surface area contributed by atoms with Crippen LogP contribution in [0, 0.1) is 0 Å². The van der Waals surface area contributed by atoms with Crippen LogP contribution < -0.4 is 21.3 Å². The maximum absolute atomic E-state index is 12.4. The van der Waals surface area contributed by atoms with Crippen molar-refractivity contribution in [2.24, 2.45) is 15.7 Å². The van der Waals surface area contributed by atoms with Crippen LogP contribution in [-0.2, 0) is 14.4 Å². The molecule has 1 fully saturated rings. The quantitative estimate of drug-likeness (QED) is 0.321. The van der Waals surface area contributed by atoms with Crippen molar-refractivity contribution in [2.75, 3.05) is 24.7 Å². The summed E-state index contributed by atoms with van der Waals surface area (Å²) in [7, 11) is 0. The van der Waals surface area contributed by atoms with E-state index < -0.39 is 29.9 Å². The fraction of sp³-hybridized carbons (Fsp3) is 0.400. The van der Waals surface area contributed by atoms with Gasteiger partial charge in [0.15, 0.2) is 11.9 Å². The number of rotatable bonds is 7. The van der Waals surface area contributed by atoms with Crippen LogP contribution in [0.25, 0.3) is 0 Å². The highest BCUT2D eigenvalue weighted by molar-refractivity contribution is 6.19. The van der Waals surface area contributed by atoms with Crippen LogP contribution in [0.2, 0.25) is 0 Å². The number of fused-ring (bicyclic) bond motifs is 3. The number of amides is 2. The second-order valence-electron chi connectivity index (χ2n) is 7.96. The van der Waals surface area contributed by atoms with Gasteiger partial charge < -0.3 is 26.2 Å².